The van der Waals surface area contributed by atoms with Crippen LogP contribution in [0, 0.1) is 5.92 Å². The molecule has 2 aromatic rings. The number of nitrogens with one attached hydrogen (secondary N) is 1. The van der Waals surface area contributed by atoms with Gasteiger partial charge in [0.2, 0.25) is 0 Å². The van der Waals surface area contributed by atoms with E-state index in [1.165, 1.54) is 41.8 Å². The van der Waals surface area contributed by atoms with E-state index in [0.717, 1.165) is 0 Å². The van der Waals surface area contributed by atoms with Crippen molar-refractivity contribution >= 4 is 5.71 Å². The van der Waals surface area contributed by atoms with Gasteiger partial charge < -0.3 is 9.99 Å². The molecule has 2 atom stereocenters. The molecule has 4 rings (SSSR count). The van der Waals surface area contributed by atoms with E-state index in [1.807, 2.05) is 0 Å². The number of rotatable bonds is 1. The van der Waals surface area contributed by atoms with Crippen molar-refractivity contribution in [1.82, 2.24) is 9.99 Å². The second kappa shape index (κ2) is 4.51. The Morgan fingerprint density at radius 2 is 2.10 bits per heavy atom. The topological polar surface area (TPSA) is 29.3 Å². The molecule has 2 unspecified atom stereocenters. The molecular formula is C17H19N3. The number of nitrogens with zero attached hydrogens (tertiary/aromatic N) is 2. The zero-order chi connectivity index (χ0) is 13.5. The van der Waals surface area contributed by atoms with Gasteiger partial charge in [-0.2, -0.15) is 5.10 Å². The molecule has 1 aromatic carbocycles. The Hall–Kier alpha value is -2.03. The molecule has 2 aliphatic rings. The molecule has 0 saturated heterocycles. The molecule has 0 saturated carbocycles. The third-order valence-electron chi connectivity index (χ3n) is 4.63. The van der Waals surface area contributed by atoms with Crippen LogP contribution in [0.2, 0.25) is 0 Å². The molecule has 0 bridgehead atoms. The van der Waals surface area contributed by atoms with Crippen molar-refractivity contribution < 1.29 is 0 Å². The van der Waals surface area contributed by atoms with Crippen molar-refractivity contribution in [2.24, 2.45) is 18.1 Å². The zero-order valence-electron chi connectivity index (χ0n) is 11.7. The summed E-state index contributed by atoms with van der Waals surface area (Å²) in [5.74, 6) is 0.493. The second-order valence-electron chi connectivity index (χ2n) is 5.80. The monoisotopic (exact) mass is 265 g/mol. The molecule has 102 valence electrons. The van der Waals surface area contributed by atoms with Crippen LogP contribution in [-0.4, -0.2) is 10.3 Å². The first-order valence-electron chi connectivity index (χ1n) is 7.37. The first kappa shape index (κ1) is 11.8. The predicted octanol–water partition coefficient (Wildman–Crippen LogP) is 3.03. The van der Waals surface area contributed by atoms with Crippen molar-refractivity contribution in [2.75, 3.05) is 0 Å². The van der Waals surface area contributed by atoms with Crippen molar-refractivity contribution in [3.63, 3.8) is 0 Å². The van der Waals surface area contributed by atoms with Gasteiger partial charge in [-0.1, -0.05) is 24.3 Å². The minimum absolute atomic E-state index is 0.316. The Kier molecular flexibility index (Phi) is 2.66. The third kappa shape index (κ3) is 1.69. The highest BCUT2D eigenvalue weighted by molar-refractivity contribution is 6.05. The maximum atomic E-state index is 4.69. The van der Waals surface area contributed by atoms with E-state index in [2.05, 4.69) is 59.6 Å². The van der Waals surface area contributed by atoms with Crippen LogP contribution in [0.4, 0.5) is 0 Å². The minimum Gasteiger partial charge on any atom is -0.353 e. The Morgan fingerprint density at radius 3 is 2.95 bits per heavy atom. The zero-order valence-corrected chi connectivity index (χ0v) is 11.7. The molecule has 3 nitrogen and oxygen atoms in total. The molecule has 0 radical (unpaired) electrons. The normalized spacial score (nSPS) is 24.4. The number of hydrogen-bond acceptors (Lipinski definition) is 2. The summed E-state index contributed by atoms with van der Waals surface area (Å²) in [6.45, 7) is 0. The van der Waals surface area contributed by atoms with E-state index in [4.69, 9.17) is 5.10 Å². The second-order valence-corrected chi connectivity index (χ2v) is 5.80. The van der Waals surface area contributed by atoms with Gasteiger partial charge in [-0.3, -0.25) is 0 Å². The van der Waals surface area contributed by atoms with E-state index < -0.39 is 0 Å². The highest BCUT2D eigenvalue weighted by Gasteiger charge is 2.36. The van der Waals surface area contributed by atoms with Crippen LogP contribution in [0.25, 0.3) is 0 Å². The van der Waals surface area contributed by atoms with Gasteiger partial charge in [0, 0.05) is 30.4 Å². The van der Waals surface area contributed by atoms with Gasteiger partial charge in [-0.05, 0) is 37.0 Å². The lowest BCUT2D eigenvalue weighted by atomic mass is 9.88. The summed E-state index contributed by atoms with van der Waals surface area (Å²) >= 11 is 0. The van der Waals surface area contributed by atoms with Crippen LogP contribution in [-0.2, 0) is 13.5 Å². The Bertz CT molecular complexity index is 668. The van der Waals surface area contributed by atoms with Gasteiger partial charge in [-0.25, -0.2) is 0 Å². The lowest BCUT2D eigenvalue weighted by Gasteiger charge is -2.20. The fourth-order valence-corrected chi connectivity index (χ4v) is 3.60. The van der Waals surface area contributed by atoms with Crippen LogP contribution in [0.1, 0.15) is 35.7 Å². The number of hydrogen-bond donors (Lipinski definition) is 1. The first-order valence-corrected chi connectivity index (χ1v) is 7.37. The summed E-state index contributed by atoms with van der Waals surface area (Å²) in [5, 5.41) is 4.69. The smallest absolute Gasteiger partial charge is 0.0924 e. The van der Waals surface area contributed by atoms with Gasteiger partial charge in [-0.15, -0.1) is 0 Å². The van der Waals surface area contributed by atoms with E-state index >= 15 is 0 Å². The Morgan fingerprint density at radius 1 is 1.20 bits per heavy atom. The summed E-state index contributed by atoms with van der Waals surface area (Å²) in [4.78, 5) is 0. The van der Waals surface area contributed by atoms with Gasteiger partial charge in [0.05, 0.1) is 11.8 Å². The lowest BCUT2D eigenvalue weighted by Crippen LogP contribution is -2.23. The molecule has 20 heavy (non-hydrogen) atoms. The third-order valence-corrected chi connectivity index (χ3v) is 4.63. The SMILES string of the molecule is Cn1cccc1C1NN=C2c3ccccc3CCCC21. The average molecular weight is 265 g/mol. The molecule has 0 amide bonds. The Labute approximate surface area is 119 Å². The number of fused-ring (bicyclic) bond motifs is 3. The fourth-order valence-electron chi connectivity index (χ4n) is 3.60. The molecule has 2 heterocycles. The van der Waals surface area contributed by atoms with E-state index in [-0.39, 0.29) is 0 Å². The standard InChI is InChI=1S/C17H19N3/c1-20-11-5-10-15(20)17-14-9-4-7-12-6-2-3-8-13(12)16(14)18-19-17/h2-3,5-6,8,10-11,14,17,19H,4,7,9H2,1H3. The van der Waals surface area contributed by atoms with Gasteiger partial charge >= 0.3 is 0 Å². The predicted molar refractivity (Wildman–Crippen MR) is 80.7 cm³/mol. The van der Waals surface area contributed by atoms with Crippen molar-refractivity contribution in [1.29, 1.82) is 0 Å². The average Bonchev–Trinajstić information content (AvgIpc) is 3.01. The first-order chi connectivity index (χ1) is 9.84. The van der Waals surface area contributed by atoms with Crippen molar-refractivity contribution in [3.05, 3.63) is 59.4 Å². The van der Waals surface area contributed by atoms with Crippen LogP contribution in [0.5, 0.6) is 0 Å². The number of aryl methyl sites for hydroxylation is 2. The van der Waals surface area contributed by atoms with Crippen LogP contribution in [0.15, 0.2) is 47.7 Å². The maximum Gasteiger partial charge on any atom is 0.0924 e. The summed E-state index contributed by atoms with van der Waals surface area (Å²) in [7, 11) is 2.11. The summed E-state index contributed by atoms with van der Waals surface area (Å²) < 4.78 is 2.20. The molecule has 0 spiro atoms. The lowest BCUT2D eigenvalue weighted by molar-refractivity contribution is 0.444. The highest BCUT2D eigenvalue weighted by Crippen LogP contribution is 2.37. The quantitative estimate of drug-likeness (QED) is 0.843. The molecule has 1 aliphatic heterocycles. The molecular weight excluding hydrogens is 246 g/mol. The minimum atomic E-state index is 0.316. The van der Waals surface area contributed by atoms with E-state index in [0.29, 0.717) is 12.0 Å². The number of hydrazone groups is 1. The maximum absolute atomic E-state index is 4.69. The van der Waals surface area contributed by atoms with Gasteiger partial charge in [0.25, 0.3) is 0 Å². The largest absolute Gasteiger partial charge is 0.353 e. The summed E-state index contributed by atoms with van der Waals surface area (Å²) in [6.07, 6.45) is 5.73. The molecule has 0 fully saturated rings. The molecule has 3 heteroatoms. The highest BCUT2D eigenvalue weighted by atomic mass is 15.3. The number of benzene rings is 1. The van der Waals surface area contributed by atoms with E-state index in [9.17, 15) is 0 Å². The van der Waals surface area contributed by atoms with Crippen LogP contribution >= 0.6 is 0 Å². The molecule has 1 N–H and O–H groups in total. The number of aromatic nitrogens is 1. The fraction of sp³-hybridized carbons (Fsp3) is 0.353. The van der Waals surface area contributed by atoms with Crippen molar-refractivity contribution in [3.8, 4) is 0 Å². The van der Waals surface area contributed by atoms with Crippen LogP contribution < -0.4 is 5.43 Å². The van der Waals surface area contributed by atoms with Crippen molar-refractivity contribution in [2.45, 2.75) is 25.3 Å². The van der Waals surface area contributed by atoms with E-state index in [1.54, 1.807) is 0 Å². The molecule has 1 aromatic heterocycles. The van der Waals surface area contributed by atoms with Crippen LogP contribution in [0.3, 0.4) is 0 Å². The summed E-state index contributed by atoms with van der Waals surface area (Å²) in [5.41, 5.74) is 8.75. The Balaban J connectivity index is 1.75. The van der Waals surface area contributed by atoms with Gasteiger partial charge in [0.1, 0.15) is 0 Å². The molecule has 1 aliphatic carbocycles. The summed E-state index contributed by atoms with van der Waals surface area (Å²) in [6, 6.07) is 13.4. The van der Waals surface area contributed by atoms with Gasteiger partial charge in [0.15, 0.2) is 0 Å².